The first-order valence-corrected chi connectivity index (χ1v) is 20.9. The van der Waals surface area contributed by atoms with E-state index in [2.05, 4.69) is 129 Å². The minimum absolute atomic E-state index is 0.206. The number of hydrogen-bond donors (Lipinski definition) is 0. The standard InChI is InChI=1S/C46H37NO2Si/c1-46(2)38-16-10-11-17-40(38)47(39-22-23-42(50(3,4)5)34-15-9-8-14-33(34)39)41-21-19-31-24-28(18-20-32(31)43(41)46)25-37-44(48)35-26-29-12-6-7-13-30(29)27-36(35)45(37)49/h6-27H,1-5H3. The summed E-state index contributed by atoms with van der Waals surface area (Å²) in [7, 11) is -1.60. The van der Waals surface area contributed by atoms with Crippen LogP contribution in [0, 0.1) is 0 Å². The Bertz CT molecular complexity index is 2600. The van der Waals surface area contributed by atoms with Crippen molar-refractivity contribution in [2.45, 2.75) is 38.9 Å². The highest BCUT2D eigenvalue weighted by molar-refractivity contribution is 6.90. The normalized spacial score (nSPS) is 15.1. The van der Waals surface area contributed by atoms with E-state index in [4.69, 9.17) is 0 Å². The number of fused-ring (bicyclic) bond motifs is 7. The van der Waals surface area contributed by atoms with Crippen LogP contribution in [0.25, 0.3) is 38.4 Å². The molecular formula is C46H37NO2Si. The molecule has 9 rings (SSSR count). The van der Waals surface area contributed by atoms with E-state index in [1.165, 1.54) is 44.1 Å². The van der Waals surface area contributed by atoms with Gasteiger partial charge in [0.25, 0.3) is 0 Å². The number of hydrogen-bond acceptors (Lipinski definition) is 3. The number of benzene rings is 7. The Labute approximate surface area is 293 Å². The molecule has 1 heterocycles. The fourth-order valence-corrected chi connectivity index (χ4v) is 10.0. The maximum Gasteiger partial charge on any atom is 0.197 e. The summed E-state index contributed by atoms with van der Waals surface area (Å²) in [5.74, 6) is -0.413. The van der Waals surface area contributed by atoms with Gasteiger partial charge < -0.3 is 4.90 Å². The molecule has 1 aliphatic carbocycles. The van der Waals surface area contributed by atoms with Gasteiger partial charge in [-0.15, -0.1) is 0 Å². The van der Waals surface area contributed by atoms with Crippen molar-refractivity contribution in [1.29, 1.82) is 0 Å². The Morgan fingerprint density at radius 3 is 1.88 bits per heavy atom. The lowest BCUT2D eigenvalue weighted by Crippen LogP contribution is -2.38. The third kappa shape index (κ3) is 4.41. The lowest BCUT2D eigenvalue weighted by molar-refractivity contribution is 0.0990. The molecule has 4 heteroatoms. The van der Waals surface area contributed by atoms with Crippen LogP contribution in [-0.4, -0.2) is 19.6 Å². The van der Waals surface area contributed by atoms with E-state index in [9.17, 15) is 9.59 Å². The van der Waals surface area contributed by atoms with Crippen molar-refractivity contribution >= 4 is 80.3 Å². The number of anilines is 3. The molecule has 0 bridgehead atoms. The summed E-state index contributed by atoms with van der Waals surface area (Å²) < 4.78 is 0. The van der Waals surface area contributed by atoms with Gasteiger partial charge in [0.05, 0.1) is 30.7 Å². The number of ketones is 2. The van der Waals surface area contributed by atoms with E-state index in [1.54, 1.807) is 6.08 Å². The number of allylic oxidation sites excluding steroid dienone is 1. The third-order valence-corrected chi connectivity index (χ3v) is 12.9. The van der Waals surface area contributed by atoms with Gasteiger partial charge in [-0.3, -0.25) is 9.59 Å². The number of carbonyl (C=O) groups is 2. The van der Waals surface area contributed by atoms with Crippen molar-refractivity contribution in [3.8, 4) is 0 Å². The van der Waals surface area contributed by atoms with E-state index in [-0.39, 0.29) is 22.6 Å². The smallest absolute Gasteiger partial charge is 0.197 e. The fraction of sp³-hybridized carbons (Fsp3) is 0.130. The van der Waals surface area contributed by atoms with Crippen LogP contribution < -0.4 is 10.1 Å². The molecule has 0 saturated carbocycles. The molecule has 3 nitrogen and oxygen atoms in total. The first-order chi connectivity index (χ1) is 24.0. The second-order valence-corrected chi connectivity index (χ2v) is 20.3. The van der Waals surface area contributed by atoms with Gasteiger partial charge in [0.2, 0.25) is 0 Å². The molecule has 0 N–H and O–H groups in total. The molecule has 0 atom stereocenters. The second-order valence-electron chi connectivity index (χ2n) is 15.3. The number of carbonyl (C=O) groups excluding carboxylic acids is 2. The van der Waals surface area contributed by atoms with Crippen LogP contribution in [0.2, 0.25) is 19.6 Å². The molecule has 0 amide bonds. The molecule has 7 aromatic carbocycles. The van der Waals surface area contributed by atoms with Crippen molar-refractivity contribution in [3.63, 3.8) is 0 Å². The summed E-state index contributed by atoms with van der Waals surface area (Å²) in [6, 6.07) is 44.7. The molecule has 7 aromatic rings. The van der Waals surface area contributed by atoms with Crippen molar-refractivity contribution < 1.29 is 9.59 Å². The summed E-state index contributed by atoms with van der Waals surface area (Å²) in [6.07, 6.45) is 1.77. The maximum atomic E-state index is 13.6. The average molecular weight is 664 g/mol. The molecule has 242 valence electrons. The Morgan fingerprint density at radius 1 is 0.560 bits per heavy atom. The minimum atomic E-state index is -1.60. The minimum Gasteiger partial charge on any atom is -0.309 e. The zero-order valence-electron chi connectivity index (χ0n) is 29.0. The van der Waals surface area contributed by atoms with Crippen LogP contribution in [0.4, 0.5) is 17.1 Å². The van der Waals surface area contributed by atoms with Gasteiger partial charge in [0.1, 0.15) is 0 Å². The maximum absolute atomic E-state index is 13.6. The van der Waals surface area contributed by atoms with Gasteiger partial charge in [-0.2, -0.15) is 0 Å². The highest BCUT2D eigenvalue weighted by atomic mass is 28.3. The van der Waals surface area contributed by atoms with Gasteiger partial charge in [0, 0.05) is 21.9 Å². The number of nitrogens with zero attached hydrogens (tertiary/aromatic N) is 1. The van der Waals surface area contributed by atoms with E-state index >= 15 is 0 Å². The third-order valence-electron chi connectivity index (χ3n) is 10.8. The Kier molecular flexibility index (Phi) is 6.53. The average Bonchev–Trinajstić information content (AvgIpc) is 3.33. The monoisotopic (exact) mass is 663 g/mol. The summed E-state index contributed by atoms with van der Waals surface area (Å²) in [5, 5.41) is 8.22. The molecular weight excluding hydrogens is 627 g/mol. The summed E-state index contributed by atoms with van der Waals surface area (Å²) in [5.41, 5.74) is 7.84. The van der Waals surface area contributed by atoms with Gasteiger partial charge in [-0.1, -0.05) is 130 Å². The van der Waals surface area contributed by atoms with Crippen LogP contribution in [0.5, 0.6) is 0 Å². The van der Waals surface area contributed by atoms with Crippen molar-refractivity contribution in [2.24, 2.45) is 0 Å². The topological polar surface area (TPSA) is 37.4 Å². The van der Waals surface area contributed by atoms with Crippen LogP contribution in [0.3, 0.4) is 0 Å². The van der Waals surface area contributed by atoms with Crippen molar-refractivity contribution in [1.82, 2.24) is 0 Å². The van der Waals surface area contributed by atoms with E-state index < -0.39 is 8.07 Å². The molecule has 0 fully saturated rings. The molecule has 0 unspecified atom stereocenters. The SMILES string of the molecule is CC1(C)c2ccccc2N(c2ccc([Si](C)(C)C)c3ccccc23)c2ccc3cc(C=C4C(=O)c5cc6ccccc6cc5C4=O)ccc3c21. The fourth-order valence-electron chi connectivity index (χ4n) is 8.43. The predicted octanol–water partition coefficient (Wildman–Crippen LogP) is 11.3. The van der Waals surface area contributed by atoms with Gasteiger partial charge in [-0.25, -0.2) is 0 Å². The summed E-state index contributed by atoms with van der Waals surface area (Å²) in [6.45, 7) is 11.9. The molecule has 50 heavy (non-hydrogen) atoms. The number of rotatable bonds is 3. The van der Waals surface area contributed by atoms with E-state index in [0.29, 0.717) is 11.1 Å². The zero-order valence-corrected chi connectivity index (χ0v) is 30.0. The summed E-state index contributed by atoms with van der Waals surface area (Å²) >= 11 is 0. The Balaban J connectivity index is 1.21. The summed E-state index contributed by atoms with van der Waals surface area (Å²) in [4.78, 5) is 29.6. The first kappa shape index (κ1) is 30.5. The van der Waals surface area contributed by atoms with Crippen LogP contribution in [-0.2, 0) is 5.41 Å². The van der Waals surface area contributed by atoms with Crippen LogP contribution >= 0.6 is 0 Å². The predicted molar refractivity (Wildman–Crippen MR) is 212 cm³/mol. The molecule has 1 aliphatic heterocycles. The first-order valence-electron chi connectivity index (χ1n) is 17.4. The van der Waals surface area contributed by atoms with E-state index in [0.717, 1.165) is 27.1 Å². The highest BCUT2D eigenvalue weighted by Crippen LogP contribution is 2.54. The van der Waals surface area contributed by atoms with Gasteiger partial charge >= 0.3 is 0 Å². The Morgan fingerprint density at radius 2 is 1.18 bits per heavy atom. The largest absolute Gasteiger partial charge is 0.309 e. The van der Waals surface area contributed by atoms with Crippen molar-refractivity contribution in [3.05, 3.63) is 161 Å². The molecule has 0 spiro atoms. The lowest BCUT2D eigenvalue weighted by Gasteiger charge is -2.43. The van der Waals surface area contributed by atoms with Gasteiger partial charge in [-0.05, 0) is 86.1 Å². The van der Waals surface area contributed by atoms with Gasteiger partial charge in [0.15, 0.2) is 11.6 Å². The molecule has 0 saturated heterocycles. The van der Waals surface area contributed by atoms with Crippen molar-refractivity contribution in [2.75, 3.05) is 4.90 Å². The molecule has 0 aromatic heterocycles. The zero-order chi connectivity index (χ0) is 34.5. The molecule has 0 radical (unpaired) electrons. The van der Waals surface area contributed by atoms with E-state index in [1.807, 2.05) is 36.4 Å². The molecule has 2 aliphatic rings. The quantitative estimate of drug-likeness (QED) is 0.107. The number of Topliss-reactive ketones (excluding diaryl/α,β-unsaturated/α-hetero) is 2. The van der Waals surface area contributed by atoms with Crippen LogP contribution in [0.15, 0.2) is 133 Å². The highest BCUT2D eigenvalue weighted by Gasteiger charge is 2.39. The Hall–Kier alpha value is -5.58. The number of para-hydroxylation sites is 1. The lowest BCUT2D eigenvalue weighted by atomic mass is 9.71. The van der Waals surface area contributed by atoms with Crippen LogP contribution in [0.1, 0.15) is 51.3 Å². The second kappa shape index (κ2) is 10.7.